The van der Waals surface area contributed by atoms with Crippen molar-refractivity contribution in [1.82, 2.24) is 0 Å². The standard InChI is InChI=1S/C8H18N2O/c1-4-8(11,5-2)6-10-7(3)9/h11H,4-6H2,1-3H3,(H2,9,10). The normalized spacial score (nSPS) is 13.6. The highest BCUT2D eigenvalue weighted by Gasteiger charge is 2.20. The van der Waals surface area contributed by atoms with Crippen molar-refractivity contribution in [2.75, 3.05) is 6.54 Å². The van der Waals surface area contributed by atoms with Gasteiger partial charge in [-0.1, -0.05) is 13.8 Å². The van der Waals surface area contributed by atoms with Crippen LogP contribution in [0.1, 0.15) is 33.6 Å². The van der Waals surface area contributed by atoms with Gasteiger partial charge >= 0.3 is 0 Å². The lowest BCUT2D eigenvalue weighted by atomic mass is 9.98. The molecule has 0 aromatic rings. The van der Waals surface area contributed by atoms with Crippen molar-refractivity contribution in [1.29, 1.82) is 0 Å². The topological polar surface area (TPSA) is 58.6 Å². The Morgan fingerprint density at radius 3 is 2.18 bits per heavy atom. The maximum atomic E-state index is 9.72. The number of hydrogen-bond donors (Lipinski definition) is 2. The monoisotopic (exact) mass is 158 g/mol. The van der Waals surface area contributed by atoms with Crippen LogP contribution in [-0.2, 0) is 0 Å². The van der Waals surface area contributed by atoms with Gasteiger partial charge in [-0.3, -0.25) is 4.99 Å². The largest absolute Gasteiger partial charge is 0.388 e. The van der Waals surface area contributed by atoms with E-state index in [-0.39, 0.29) is 0 Å². The molecule has 0 amide bonds. The molecule has 0 aromatic carbocycles. The molecule has 0 bridgehead atoms. The molecule has 66 valence electrons. The Balaban J connectivity index is 3.98. The van der Waals surface area contributed by atoms with Crippen LogP contribution in [0.15, 0.2) is 4.99 Å². The molecule has 0 aliphatic heterocycles. The van der Waals surface area contributed by atoms with Crippen molar-refractivity contribution in [3.05, 3.63) is 0 Å². The zero-order chi connectivity index (χ0) is 8.91. The van der Waals surface area contributed by atoms with Crippen LogP contribution >= 0.6 is 0 Å². The first-order valence-electron chi connectivity index (χ1n) is 4.03. The summed E-state index contributed by atoms with van der Waals surface area (Å²) in [5, 5.41) is 9.72. The molecule has 0 heterocycles. The second kappa shape index (κ2) is 4.34. The predicted octanol–water partition coefficient (Wildman–Crippen LogP) is 0.915. The maximum Gasteiger partial charge on any atom is 0.0906 e. The minimum absolute atomic E-state index is 0.419. The van der Waals surface area contributed by atoms with Gasteiger partial charge in [-0.05, 0) is 19.8 Å². The van der Waals surface area contributed by atoms with Gasteiger partial charge in [-0.25, -0.2) is 0 Å². The molecule has 0 fully saturated rings. The summed E-state index contributed by atoms with van der Waals surface area (Å²) in [5.41, 5.74) is 4.70. The van der Waals surface area contributed by atoms with E-state index in [2.05, 4.69) is 4.99 Å². The van der Waals surface area contributed by atoms with Crippen molar-refractivity contribution in [2.45, 2.75) is 39.2 Å². The molecule has 0 saturated heterocycles. The van der Waals surface area contributed by atoms with Gasteiger partial charge in [-0.15, -0.1) is 0 Å². The molecule has 0 spiro atoms. The zero-order valence-corrected chi connectivity index (χ0v) is 7.59. The van der Waals surface area contributed by atoms with Gasteiger partial charge in [-0.2, -0.15) is 0 Å². The molecular formula is C8H18N2O. The lowest BCUT2D eigenvalue weighted by Crippen LogP contribution is -2.31. The van der Waals surface area contributed by atoms with E-state index in [0.717, 1.165) is 12.8 Å². The first kappa shape index (κ1) is 10.4. The Morgan fingerprint density at radius 2 is 1.91 bits per heavy atom. The van der Waals surface area contributed by atoms with Gasteiger partial charge in [0.2, 0.25) is 0 Å². The highest BCUT2D eigenvalue weighted by molar-refractivity contribution is 5.77. The summed E-state index contributed by atoms with van der Waals surface area (Å²) >= 11 is 0. The van der Waals surface area contributed by atoms with Gasteiger partial charge in [0.25, 0.3) is 0 Å². The first-order valence-corrected chi connectivity index (χ1v) is 4.03. The number of amidine groups is 1. The average Bonchev–Trinajstić information content (AvgIpc) is 2.00. The third-order valence-corrected chi connectivity index (χ3v) is 1.94. The van der Waals surface area contributed by atoms with Gasteiger partial charge in [0, 0.05) is 0 Å². The molecule has 0 aliphatic rings. The minimum Gasteiger partial charge on any atom is -0.388 e. The summed E-state index contributed by atoms with van der Waals surface area (Å²) in [7, 11) is 0. The van der Waals surface area contributed by atoms with Crippen molar-refractivity contribution in [2.24, 2.45) is 10.7 Å². The van der Waals surface area contributed by atoms with Gasteiger partial charge in [0.05, 0.1) is 18.0 Å². The molecule has 0 saturated carbocycles. The summed E-state index contributed by atoms with van der Waals surface area (Å²) in [4.78, 5) is 3.98. The highest BCUT2D eigenvalue weighted by Crippen LogP contribution is 2.14. The maximum absolute atomic E-state index is 9.72. The molecule has 3 N–H and O–H groups in total. The van der Waals surface area contributed by atoms with Crippen LogP contribution in [-0.4, -0.2) is 23.1 Å². The molecule has 0 atom stereocenters. The zero-order valence-electron chi connectivity index (χ0n) is 7.59. The number of rotatable bonds is 4. The fourth-order valence-corrected chi connectivity index (χ4v) is 0.745. The van der Waals surface area contributed by atoms with E-state index in [1.807, 2.05) is 13.8 Å². The van der Waals surface area contributed by atoms with Gasteiger partial charge in [0.1, 0.15) is 0 Å². The van der Waals surface area contributed by atoms with Crippen molar-refractivity contribution >= 4 is 5.84 Å². The third-order valence-electron chi connectivity index (χ3n) is 1.94. The van der Waals surface area contributed by atoms with Gasteiger partial charge < -0.3 is 10.8 Å². The minimum atomic E-state index is -0.652. The fourth-order valence-electron chi connectivity index (χ4n) is 0.745. The molecule has 3 heteroatoms. The van der Waals surface area contributed by atoms with E-state index in [9.17, 15) is 5.11 Å². The van der Waals surface area contributed by atoms with E-state index >= 15 is 0 Å². The lowest BCUT2D eigenvalue weighted by Gasteiger charge is -2.22. The average molecular weight is 158 g/mol. The van der Waals surface area contributed by atoms with Gasteiger partial charge in [0.15, 0.2) is 0 Å². The number of hydrogen-bond acceptors (Lipinski definition) is 2. The quantitative estimate of drug-likeness (QED) is 0.472. The van der Waals surface area contributed by atoms with E-state index < -0.39 is 5.60 Å². The van der Waals surface area contributed by atoms with Crippen molar-refractivity contribution in [3.8, 4) is 0 Å². The Hall–Kier alpha value is -0.570. The second-order valence-corrected chi connectivity index (χ2v) is 2.89. The van der Waals surface area contributed by atoms with Crippen LogP contribution in [0.25, 0.3) is 0 Å². The van der Waals surface area contributed by atoms with Crippen LogP contribution in [0, 0.1) is 0 Å². The Labute approximate surface area is 68.3 Å². The molecular weight excluding hydrogens is 140 g/mol. The fraction of sp³-hybridized carbons (Fsp3) is 0.875. The number of nitrogens with two attached hydrogens (primary N) is 1. The first-order chi connectivity index (χ1) is 5.04. The summed E-state index contributed by atoms with van der Waals surface area (Å²) in [6.07, 6.45) is 1.44. The lowest BCUT2D eigenvalue weighted by molar-refractivity contribution is 0.0419. The van der Waals surface area contributed by atoms with E-state index in [1.54, 1.807) is 6.92 Å². The summed E-state index contributed by atoms with van der Waals surface area (Å²) in [5.74, 6) is 0.533. The molecule has 0 aliphatic carbocycles. The predicted molar refractivity (Wildman–Crippen MR) is 47.7 cm³/mol. The molecule has 11 heavy (non-hydrogen) atoms. The highest BCUT2D eigenvalue weighted by atomic mass is 16.3. The van der Waals surface area contributed by atoms with Crippen LogP contribution in [0.5, 0.6) is 0 Å². The number of aliphatic hydroxyl groups is 1. The molecule has 0 unspecified atom stereocenters. The SMILES string of the molecule is CCC(O)(CC)CN=C(C)N. The van der Waals surface area contributed by atoms with Crippen molar-refractivity contribution < 1.29 is 5.11 Å². The van der Waals surface area contributed by atoms with Crippen LogP contribution in [0.3, 0.4) is 0 Å². The second-order valence-electron chi connectivity index (χ2n) is 2.89. The van der Waals surface area contributed by atoms with Crippen molar-refractivity contribution in [3.63, 3.8) is 0 Å². The number of nitrogens with zero attached hydrogens (tertiary/aromatic N) is 1. The van der Waals surface area contributed by atoms with Crippen LogP contribution in [0.2, 0.25) is 0 Å². The van der Waals surface area contributed by atoms with Crippen LogP contribution < -0.4 is 5.73 Å². The molecule has 0 radical (unpaired) electrons. The van der Waals surface area contributed by atoms with Crippen LogP contribution in [0.4, 0.5) is 0 Å². The molecule has 0 rings (SSSR count). The van der Waals surface area contributed by atoms with E-state index in [0.29, 0.717) is 12.4 Å². The van der Waals surface area contributed by atoms with E-state index in [4.69, 9.17) is 5.73 Å². The molecule has 0 aromatic heterocycles. The smallest absolute Gasteiger partial charge is 0.0906 e. The third kappa shape index (κ3) is 3.98. The Kier molecular flexibility index (Phi) is 4.11. The van der Waals surface area contributed by atoms with E-state index in [1.165, 1.54) is 0 Å². The Morgan fingerprint density at radius 1 is 1.45 bits per heavy atom. The Bertz CT molecular complexity index is 135. The summed E-state index contributed by atoms with van der Waals surface area (Å²) < 4.78 is 0. The number of aliphatic imine (C=N–C) groups is 1. The summed E-state index contributed by atoms with van der Waals surface area (Å²) in [6, 6.07) is 0. The summed E-state index contributed by atoms with van der Waals surface area (Å²) in [6.45, 7) is 6.05. The molecule has 3 nitrogen and oxygen atoms in total.